The molecule has 0 bridgehead atoms. The van der Waals surface area contributed by atoms with Gasteiger partial charge in [0.25, 0.3) is 11.8 Å². The number of hydrogen-bond donors (Lipinski definition) is 3. The van der Waals surface area contributed by atoms with Gasteiger partial charge in [0.15, 0.2) is 5.76 Å². The monoisotopic (exact) mass is 367 g/mol. The number of anilines is 2. The third-order valence-corrected chi connectivity index (χ3v) is 3.63. The highest BCUT2D eigenvalue weighted by Gasteiger charge is 2.14. The molecule has 3 rings (SSSR count). The van der Waals surface area contributed by atoms with Crippen molar-refractivity contribution in [2.24, 2.45) is 5.73 Å². The number of hydrogen-bond acceptors (Lipinski definition) is 4. The summed E-state index contributed by atoms with van der Waals surface area (Å²) in [5.74, 6) is -2.43. The summed E-state index contributed by atoms with van der Waals surface area (Å²) in [6.07, 6.45) is 1.37. The van der Waals surface area contributed by atoms with E-state index in [0.29, 0.717) is 5.69 Å². The van der Waals surface area contributed by atoms with Gasteiger partial charge in [-0.05, 0) is 48.5 Å². The minimum Gasteiger partial charge on any atom is -0.459 e. The fraction of sp³-hybridized carbons (Fsp3) is 0. The van der Waals surface area contributed by atoms with E-state index in [-0.39, 0.29) is 22.6 Å². The van der Waals surface area contributed by atoms with Crippen molar-refractivity contribution in [3.8, 4) is 0 Å². The number of halogens is 1. The fourth-order valence-electron chi connectivity index (χ4n) is 2.31. The molecule has 136 valence electrons. The molecule has 0 aliphatic rings. The van der Waals surface area contributed by atoms with E-state index in [1.807, 2.05) is 0 Å². The maximum Gasteiger partial charge on any atom is 0.291 e. The van der Waals surface area contributed by atoms with E-state index in [0.717, 1.165) is 12.1 Å². The van der Waals surface area contributed by atoms with E-state index in [1.165, 1.54) is 30.5 Å². The van der Waals surface area contributed by atoms with Crippen LogP contribution in [0.15, 0.2) is 65.3 Å². The van der Waals surface area contributed by atoms with Crippen LogP contribution in [0.1, 0.15) is 31.3 Å². The zero-order chi connectivity index (χ0) is 19.4. The molecule has 27 heavy (non-hydrogen) atoms. The highest BCUT2D eigenvalue weighted by Crippen LogP contribution is 2.19. The number of amides is 3. The minimum atomic E-state index is -0.742. The van der Waals surface area contributed by atoms with E-state index in [4.69, 9.17) is 10.2 Å². The van der Waals surface area contributed by atoms with Gasteiger partial charge in [0, 0.05) is 16.8 Å². The zero-order valence-electron chi connectivity index (χ0n) is 13.9. The second kappa shape index (κ2) is 7.52. The molecule has 4 N–H and O–H groups in total. The van der Waals surface area contributed by atoms with E-state index in [1.54, 1.807) is 18.2 Å². The van der Waals surface area contributed by atoms with Gasteiger partial charge < -0.3 is 20.8 Å². The van der Waals surface area contributed by atoms with E-state index >= 15 is 0 Å². The quantitative estimate of drug-likeness (QED) is 0.643. The molecule has 1 heterocycles. The van der Waals surface area contributed by atoms with Crippen molar-refractivity contribution in [2.45, 2.75) is 0 Å². The molecule has 0 atom stereocenters. The third-order valence-electron chi connectivity index (χ3n) is 3.63. The first-order chi connectivity index (χ1) is 12.9. The molecule has 0 saturated carbocycles. The summed E-state index contributed by atoms with van der Waals surface area (Å²) in [7, 11) is 0. The Hall–Kier alpha value is -3.94. The number of primary amides is 1. The summed E-state index contributed by atoms with van der Waals surface area (Å²) in [6.45, 7) is 0. The van der Waals surface area contributed by atoms with Crippen LogP contribution in [0.25, 0.3) is 0 Å². The Labute approximate surface area is 153 Å². The lowest BCUT2D eigenvalue weighted by molar-refractivity contribution is 0.0990. The zero-order valence-corrected chi connectivity index (χ0v) is 13.9. The maximum atomic E-state index is 13.9. The predicted molar refractivity (Wildman–Crippen MR) is 96.0 cm³/mol. The van der Waals surface area contributed by atoms with E-state index in [2.05, 4.69) is 10.6 Å². The van der Waals surface area contributed by atoms with Gasteiger partial charge in [0.05, 0.1) is 12.0 Å². The summed E-state index contributed by atoms with van der Waals surface area (Å²) in [6, 6.07) is 12.5. The van der Waals surface area contributed by atoms with Gasteiger partial charge in [-0.1, -0.05) is 6.07 Å². The predicted octanol–water partition coefficient (Wildman–Crippen LogP) is 3.02. The van der Waals surface area contributed by atoms with Crippen LogP contribution in [0.3, 0.4) is 0 Å². The molecule has 3 aromatic rings. The van der Waals surface area contributed by atoms with Crippen molar-refractivity contribution in [1.82, 2.24) is 0 Å². The highest BCUT2D eigenvalue weighted by molar-refractivity contribution is 6.07. The minimum absolute atomic E-state index is 0.0613. The van der Waals surface area contributed by atoms with Crippen molar-refractivity contribution >= 4 is 29.1 Å². The van der Waals surface area contributed by atoms with Crippen LogP contribution in [-0.2, 0) is 0 Å². The number of carbonyl (C=O) groups is 3. The van der Waals surface area contributed by atoms with Crippen molar-refractivity contribution < 1.29 is 23.2 Å². The Kier molecular flexibility index (Phi) is 4.98. The number of rotatable bonds is 5. The largest absolute Gasteiger partial charge is 0.459 e. The maximum absolute atomic E-state index is 13.9. The van der Waals surface area contributed by atoms with Gasteiger partial charge in [-0.3, -0.25) is 14.4 Å². The summed E-state index contributed by atoms with van der Waals surface area (Å²) in [4.78, 5) is 35.6. The van der Waals surface area contributed by atoms with Crippen molar-refractivity contribution in [1.29, 1.82) is 0 Å². The molecule has 1 aromatic heterocycles. The SMILES string of the molecule is NC(=O)c1ccc(F)c(NC(=O)c2cccc(NC(=O)c3ccco3)c2)c1. The standard InChI is InChI=1S/C19H14FN3O4/c20-14-7-6-11(17(21)24)10-15(14)23-18(25)12-3-1-4-13(9-12)22-19(26)16-5-2-8-27-16/h1-10H,(H2,21,24)(H,22,26)(H,23,25). The smallest absolute Gasteiger partial charge is 0.291 e. The number of nitrogens with two attached hydrogens (primary N) is 1. The Morgan fingerprint density at radius 3 is 2.41 bits per heavy atom. The number of benzene rings is 2. The Morgan fingerprint density at radius 2 is 1.70 bits per heavy atom. The van der Waals surface area contributed by atoms with Gasteiger partial charge in [-0.25, -0.2) is 4.39 Å². The summed E-state index contributed by atoms with van der Waals surface area (Å²) in [5, 5.41) is 4.97. The molecule has 0 spiro atoms. The second-order valence-corrected chi connectivity index (χ2v) is 5.53. The molecule has 3 amide bonds. The molecule has 8 heteroatoms. The first-order valence-electron chi connectivity index (χ1n) is 7.79. The van der Waals surface area contributed by atoms with E-state index < -0.39 is 23.5 Å². The molecular weight excluding hydrogens is 353 g/mol. The van der Waals surface area contributed by atoms with Crippen molar-refractivity contribution in [2.75, 3.05) is 10.6 Å². The topological polar surface area (TPSA) is 114 Å². The van der Waals surface area contributed by atoms with Crippen LogP contribution >= 0.6 is 0 Å². The number of furan rings is 1. The first-order valence-corrected chi connectivity index (χ1v) is 7.79. The number of carbonyl (C=O) groups excluding carboxylic acids is 3. The van der Waals surface area contributed by atoms with Crippen LogP contribution in [0.5, 0.6) is 0 Å². The lowest BCUT2D eigenvalue weighted by atomic mass is 10.1. The van der Waals surface area contributed by atoms with Gasteiger partial charge in [0.1, 0.15) is 5.82 Å². The van der Waals surface area contributed by atoms with Crippen LogP contribution in [0, 0.1) is 5.82 Å². The van der Waals surface area contributed by atoms with Crippen molar-refractivity contribution in [3.63, 3.8) is 0 Å². The molecule has 0 aliphatic carbocycles. The molecule has 0 unspecified atom stereocenters. The van der Waals surface area contributed by atoms with Gasteiger partial charge in [-0.2, -0.15) is 0 Å². The van der Waals surface area contributed by atoms with Crippen LogP contribution in [-0.4, -0.2) is 17.7 Å². The van der Waals surface area contributed by atoms with Gasteiger partial charge >= 0.3 is 0 Å². The average Bonchev–Trinajstić information content (AvgIpc) is 3.18. The fourth-order valence-corrected chi connectivity index (χ4v) is 2.31. The highest BCUT2D eigenvalue weighted by atomic mass is 19.1. The van der Waals surface area contributed by atoms with Gasteiger partial charge in [-0.15, -0.1) is 0 Å². The molecular formula is C19H14FN3O4. The molecule has 2 aromatic carbocycles. The summed E-state index contributed by atoms with van der Waals surface area (Å²) in [5.41, 5.74) is 5.57. The lowest BCUT2D eigenvalue weighted by Crippen LogP contribution is -2.16. The van der Waals surface area contributed by atoms with Crippen LogP contribution < -0.4 is 16.4 Å². The summed E-state index contributed by atoms with van der Waals surface area (Å²) < 4.78 is 18.9. The molecule has 0 radical (unpaired) electrons. The van der Waals surface area contributed by atoms with Gasteiger partial charge in [0.2, 0.25) is 5.91 Å². The normalized spacial score (nSPS) is 10.3. The molecule has 0 saturated heterocycles. The molecule has 0 fully saturated rings. The lowest BCUT2D eigenvalue weighted by Gasteiger charge is -2.09. The summed E-state index contributed by atoms with van der Waals surface area (Å²) >= 11 is 0. The Bertz CT molecular complexity index is 1020. The Morgan fingerprint density at radius 1 is 0.889 bits per heavy atom. The van der Waals surface area contributed by atoms with Crippen LogP contribution in [0.2, 0.25) is 0 Å². The van der Waals surface area contributed by atoms with Crippen LogP contribution in [0.4, 0.5) is 15.8 Å². The second-order valence-electron chi connectivity index (χ2n) is 5.53. The van der Waals surface area contributed by atoms with E-state index in [9.17, 15) is 18.8 Å². The number of nitrogens with one attached hydrogen (secondary N) is 2. The molecule has 7 nitrogen and oxygen atoms in total. The van der Waals surface area contributed by atoms with Crippen molar-refractivity contribution in [3.05, 3.63) is 83.6 Å². The molecule has 0 aliphatic heterocycles. The Balaban J connectivity index is 1.77. The third kappa shape index (κ3) is 4.18. The average molecular weight is 367 g/mol. The first kappa shape index (κ1) is 17.9.